The molecular weight excluding hydrogens is 187 g/mol. The number of nitrogens with zero attached hydrogens (tertiary/aromatic N) is 2. The monoisotopic (exact) mass is 190 g/mol. The van der Waals surface area contributed by atoms with E-state index in [4.69, 9.17) is 23.2 Å². The first-order valence-electron chi connectivity index (χ1n) is 2.76. The third-order valence-corrected chi connectivity index (χ3v) is 1.71. The number of halogens is 2. The Balaban J connectivity index is 3.02. The van der Waals surface area contributed by atoms with Gasteiger partial charge in [-0.2, -0.15) is 0 Å². The Kier molecular flexibility index (Phi) is 2.42. The zero-order valence-corrected chi connectivity index (χ0v) is 6.88. The van der Waals surface area contributed by atoms with Gasteiger partial charge >= 0.3 is 0 Å². The molecule has 0 radical (unpaired) electrons. The number of aldehydes is 1. The number of rotatable bonds is 2. The molecule has 0 atom stereocenters. The average Bonchev–Trinajstić information content (AvgIpc) is 2.06. The summed E-state index contributed by atoms with van der Waals surface area (Å²) in [7, 11) is 0. The van der Waals surface area contributed by atoms with Gasteiger partial charge < -0.3 is 0 Å². The van der Waals surface area contributed by atoms with Crippen LogP contribution in [0.25, 0.3) is 0 Å². The summed E-state index contributed by atoms with van der Waals surface area (Å²) in [6.45, 7) is 0. The molecule has 0 fully saturated rings. The van der Waals surface area contributed by atoms with Crippen LogP contribution in [0.2, 0.25) is 0 Å². The zero-order valence-electron chi connectivity index (χ0n) is 5.37. The van der Waals surface area contributed by atoms with Crippen LogP contribution in [0.15, 0.2) is 18.7 Å². The Morgan fingerprint density at radius 2 is 1.91 bits per heavy atom. The van der Waals surface area contributed by atoms with E-state index in [0.717, 1.165) is 0 Å². The molecule has 0 saturated heterocycles. The highest BCUT2D eigenvalue weighted by Gasteiger charge is 2.25. The molecule has 0 aliphatic carbocycles. The molecule has 1 rings (SSSR count). The van der Waals surface area contributed by atoms with E-state index in [1.54, 1.807) is 0 Å². The second kappa shape index (κ2) is 3.15. The molecule has 0 saturated carbocycles. The van der Waals surface area contributed by atoms with Gasteiger partial charge in [-0.1, -0.05) is 23.2 Å². The van der Waals surface area contributed by atoms with Gasteiger partial charge in [0.1, 0.15) is 6.33 Å². The first-order valence-corrected chi connectivity index (χ1v) is 3.52. The Labute approximate surface area is 73.4 Å². The van der Waals surface area contributed by atoms with E-state index in [0.29, 0.717) is 11.8 Å². The number of aromatic nitrogens is 2. The van der Waals surface area contributed by atoms with Crippen LogP contribution in [0.1, 0.15) is 5.56 Å². The smallest absolute Gasteiger partial charge is 0.200 e. The van der Waals surface area contributed by atoms with Gasteiger partial charge in [0.25, 0.3) is 0 Å². The first-order chi connectivity index (χ1) is 5.17. The van der Waals surface area contributed by atoms with Crippen LogP contribution in [0, 0.1) is 0 Å². The highest BCUT2D eigenvalue weighted by molar-refractivity contribution is 6.55. The summed E-state index contributed by atoms with van der Waals surface area (Å²) in [5.74, 6) is 0. The molecule has 0 spiro atoms. The summed E-state index contributed by atoms with van der Waals surface area (Å²) in [5, 5.41) is 0. The fourth-order valence-electron chi connectivity index (χ4n) is 0.539. The minimum absolute atomic E-state index is 0.373. The summed E-state index contributed by atoms with van der Waals surface area (Å²) in [6.07, 6.45) is 4.54. The van der Waals surface area contributed by atoms with E-state index in [2.05, 4.69) is 9.97 Å². The van der Waals surface area contributed by atoms with Gasteiger partial charge in [-0.3, -0.25) is 4.79 Å². The SMILES string of the molecule is O=CC(Cl)(Cl)c1cncnc1. The van der Waals surface area contributed by atoms with Gasteiger partial charge in [0, 0.05) is 18.0 Å². The number of alkyl halides is 2. The Hall–Kier alpha value is -0.670. The van der Waals surface area contributed by atoms with E-state index in [1.807, 2.05) is 0 Å². The predicted octanol–water partition coefficient (Wildman–Crippen LogP) is 1.31. The average molecular weight is 191 g/mol. The maximum Gasteiger partial charge on any atom is 0.200 e. The lowest BCUT2D eigenvalue weighted by Crippen LogP contribution is -2.12. The summed E-state index contributed by atoms with van der Waals surface area (Å²) in [4.78, 5) is 17.6. The molecule has 0 bridgehead atoms. The van der Waals surface area contributed by atoms with Crippen LogP contribution in [0.4, 0.5) is 0 Å². The highest BCUT2D eigenvalue weighted by Crippen LogP contribution is 2.29. The normalized spacial score (nSPS) is 11.1. The quantitative estimate of drug-likeness (QED) is 0.522. The lowest BCUT2D eigenvalue weighted by Gasteiger charge is -2.09. The number of carbonyl (C=O) groups is 1. The number of hydrogen-bond acceptors (Lipinski definition) is 3. The minimum Gasteiger partial charge on any atom is -0.300 e. The van der Waals surface area contributed by atoms with Crippen LogP contribution in [-0.4, -0.2) is 16.3 Å². The lowest BCUT2D eigenvalue weighted by atomic mass is 10.2. The summed E-state index contributed by atoms with van der Waals surface area (Å²) in [6, 6.07) is 0. The van der Waals surface area contributed by atoms with Crippen molar-refractivity contribution in [1.82, 2.24) is 9.97 Å². The van der Waals surface area contributed by atoms with Gasteiger partial charge in [-0.05, 0) is 0 Å². The standard InChI is InChI=1S/C6H4Cl2N2O/c7-6(8,3-11)5-1-9-4-10-2-5/h1-4H. The van der Waals surface area contributed by atoms with Crippen molar-refractivity contribution in [2.75, 3.05) is 0 Å². The Bertz CT molecular complexity index is 250. The molecule has 3 nitrogen and oxygen atoms in total. The molecule has 1 aromatic heterocycles. The van der Waals surface area contributed by atoms with Crippen molar-refractivity contribution in [2.24, 2.45) is 0 Å². The van der Waals surface area contributed by atoms with E-state index in [1.165, 1.54) is 18.7 Å². The largest absolute Gasteiger partial charge is 0.300 e. The Morgan fingerprint density at radius 3 is 2.36 bits per heavy atom. The molecule has 0 aromatic carbocycles. The third kappa shape index (κ3) is 1.88. The topological polar surface area (TPSA) is 42.9 Å². The first kappa shape index (κ1) is 8.43. The molecule has 0 N–H and O–H groups in total. The molecule has 5 heteroatoms. The van der Waals surface area contributed by atoms with Gasteiger partial charge in [-0.15, -0.1) is 0 Å². The maximum atomic E-state index is 10.3. The summed E-state index contributed by atoms with van der Waals surface area (Å²) < 4.78 is -1.53. The second-order valence-electron chi connectivity index (χ2n) is 1.87. The number of hydrogen-bond donors (Lipinski definition) is 0. The van der Waals surface area contributed by atoms with Crippen molar-refractivity contribution in [1.29, 1.82) is 0 Å². The molecule has 58 valence electrons. The zero-order chi connectivity index (χ0) is 8.32. The van der Waals surface area contributed by atoms with E-state index in [-0.39, 0.29) is 0 Å². The molecule has 1 aromatic rings. The fraction of sp³-hybridized carbons (Fsp3) is 0.167. The lowest BCUT2D eigenvalue weighted by molar-refractivity contribution is -0.108. The molecule has 11 heavy (non-hydrogen) atoms. The molecular formula is C6H4Cl2N2O. The van der Waals surface area contributed by atoms with Crippen molar-refractivity contribution < 1.29 is 4.79 Å². The summed E-state index contributed by atoms with van der Waals surface area (Å²) in [5.41, 5.74) is 0.373. The van der Waals surface area contributed by atoms with Crippen LogP contribution in [0.3, 0.4) is 0 Å². The van der Waals surface area contributed by atoms with Gasteiger partial charge in [0.05, 0.1) is 0 Å². The van der Waals surface area contributed by atoms with Crippen molar-refractivity contribution in [3.63, 3.8) is 0 Å². The molecule has 0 unspecified atom stereocenters. The van der Waals surface area contributed by atoms with Crippen molar-refractivity contribution >= 4 is 29.5 Å². The van der Waals surface area contributed by atoms with Gasteiger partial charge in [-0.25, -0.2) is 9.97 Å². The number of carbonyl (C=O) groups excluding carboxylic acids is 1. The van der Waals surface area contributed by atoms with Crippen molar-refractivity contribution in [3.8, 4) is 0 Å². The van der Waals surface area contributed by atoms with Crippen LogP contribution >= 0.6 is 23.2 Å². The van der Waals surface area contributed by atoms with Crippen LogP contribution in [0.5, 0.6) is 0 Å². The minimum atomic E-state index is -1.53. The summed E-state index contributed by atoms with van der Waals surface area (Å²) >= 11 is 11.1. The molecule has 1 heterocycles. The molecule has 0 aliphatic heterocycles. The van der Waals surface area contributed by atoms with Crippen LogP contribution in [-0.2, 0) is 9.13 Å². The van der Waals surface area contributed by atoms with E-state index >= 15 is 0 Å². The fourth-order valence-corrected chi connectivity index (χ4v) is 0.734. The third-order valence-electron chi connectivity index (χ3n) is 1.09. The van der Waals surface area contributed by atoms with Crippen molar-refractivity contribution in [3.05, 3.63) is 24.3 Å². The molecule has 0 aliphatic rings. The van der Waals surface area contributed by atoms with E-state index < -0.39 is 4.33 Å². The predicted molar refractivity (Wildman–Crippen MR) is 41.5 cm³/mol. The van der Waals surface area contributed by atoms with Crippen LogP contribution < -0.4 is 0 Å². The maximum absolute atomic E-state index is 10.3. The van der Waals surface area contributed by atoms with Gasteiger partial charge in [0.15, 0.2) is 6.29 Å². The van der Waals surface area contributed by atoms with Gasteiger partial charge in [0.2, 0.25) is 4.33 Å². The highest BCUT2D eigenvalue weighted by atomic mass is 35.5. The van der Waals surface area contributed by atoms with E-state index in [9.17, 15) is 4.79 Å². The molecule has 0 amide bonds. The van der Waals surface area contributed by atoms with Crippen molar-refractivity contribution in [2.45, 2.75) is 4.33 Å². The Morgan fingerprint density at radius 1 is 1.36 bits per heavy atom. The second-order valence-corrected chi connectivity index (χ2v) is 3.25.